The molecule has 4 nitrogen and oxygen atoms in total. The molecule has 4 heteroatoms. The number of nitriles is 2. The first-order valence-corrected chi connectivity index (χ1v) is 3.37. The third-order valence-corrected chi connectivity index (χ3v) is 1.18. The lowest BCUT2D eigenvalue weighted by molar-refractivity contribution is 0.154. The molecular weight excluding hydrogens is 144 g/mol. The minimum Gasteiger partial charge on any atom is -0.428 e. The van der Waals surface area contributed by atoms with E-state index in [2.05, 4.69) is 9.47 Å². The second kappa shape index (κ2) is 6.70. The van der Waals surface area contributed by atoms with Gasteiger partial charge < -0.3 is 9.47 Å². The lowest BCUT2D eigenvalue weighted by Crippen LogP contribution is -2.05. The number of hydrogen-bond donors (Lipinski definition) is 0. The van der Waals surface area contributed by atoms with E-state index in [1.165, 1.54) is 0 Å². The average Bonchev–Trinajstić information content (AvgIpc) is 1.99. The van der Waals surface area contributed by atoms with Gasteiger partial charge in [0.25, 0.3) is 12.5 Å². The maximum atomic E-state index is 8.08. The third kappa shape index (κ3) is 6.47. The van der Waals surface area contributed by atoms with Crippen molar-refractivity contribution < 1.29 is 9.47 Å². The minimum atomic E-state index is -0.0812. The van der Waals surface area contributed by atoms with E-state index in [9.17, 15) is 0 Å². The second-order valence-corrected chi connectivity index (χ2v) is 2.10. The molecule has 0 aromatic carbocycles. The SMILES string of the molecule is CC(CCCOC#N)OC#N. The van der Waals surface area contributed by atoms with Gasteiger partial charge in [0.15, 0.2) is 0 Å². The van der Waals surface area contributed by atoms with Gasteiger partial charge >= 0.3 is 0 Å². The van der Waals surface area contributed by atoms with Gasteiger partial charge in [-0.25, -0.2) is 0 Å². The summed E-state index contributed by atoms with van der Waals surface area (Å²) < 4.78 is 9.02. The van der Waals surface area contributed by atoms with Crippen LogP contribution in [-0.4, -0.2) is 12.7 Å². The predicted octanol–water partition coefficient (Wildman–Crippen LogP) is 1.15. The summed E-state index contributed by atoms with van der Waals surface area (Å²) in [4.78, 5) is 0. The van der Waals surface area contributed by atoms with Crippen molar-refractivity contribution in [3.63, 3.8) is 0 Å². The molecule has 11 heavy (non-hydrogen) atoms. The molecule has 0 saturated carbocycles. The minimum absolute atomic E-state index is 0.0812. The summed E-state index contributed by atoms with van der Waals surface area (Å²) in [5, 5.41) is 16.1. The molecular formula is C7H10N2O2. The van der Waals surface area contributed by atoms with E-state index in [0.29, 0.717) is 6.61 Å². The summed E-state index contributed by atoms with van der Waals surface area (Å²) in [7, 11) is 0. The quantitative estimate of drug-likeness (QED) is 0.440. The Morgan fingerprint density at radius 1 is 1.36 bits per heavy atom. The van der Waals surface area contributed by atoms with Gasteiger partial charge in [-0.3, -0.25) is 0 Å². The maximum Gasteiger partial charge on any atom is 0.286 e. The molecule has 0 spiro atoms. The van der Waals surface area contributed by atoms with E-state index >= 15 is 0 Å². The van der Waals surface area contributed by atoms with Crippen molar-refractivity contribution in [2.45, 2.75) is 25.9 Å². The van der Waals surface area contributed by atoms with E-state index in [-0.39, 0.29) is 6.10 Å². The molecule has 0 radical (unpaired) electrons. The van der Waals surface area contributed by atoms with E-state index in [1.54, 1.807) is 19.4 Å². The molecule has 0 rings (SSSR count). The van der Waals surface area contributed by atoms with Crippen molar-refractivity contribution in [2.24, 2.45) is 0 Å². The Bertz CT molecular complexity index is 168. The van der Waals surface area contributed by atoms with Crippen LogP contribution in [0.25, 0.3) is 0 Å². The molecule has 0 amide bonds. The summed E-state index contributed by atoms with van der Waals surface area (Å²) >= 11 is 0. The Hall–Kier alpha value is -1.42. The summed E-state index contributed by atoms with van der Waals surface area (Å²) in [5.74, 6) is 0. The molecule has 1 atom stereocenters. The van der Waals surface area contributed by atoms with Crippen molar-refractivity contribution in [1.82, 2.24) is 0 Å². The molecule has 0 aliphatic carbocycles. The van der Waals surface area contributed by atoms with Crippen LogP contribution in [0.3, 0.4) is 0 Å². The topological polar surface area (TPSA) is 66.0 Å². The Balaban J connectivity index is 3.13. The van der Waals surface area contributed by atoms with Gasteiger partial charge in [-0.1, -0.05) is 0 Å². The van der Waals surface area contributed by atoms with E-state index in [1.807, 2.05) is 0 Å². The van der Waals surface area contributed by atoms with Crippen LogP contribution in [0, 0.1) is 23.0 Å². The fourth-order valence-electron chi connectivity index (χ4n) is 0.638. The van der Waals surface area contributed by atoms with Crippen molar-refractivity contribution >= 4 is 0 Å². The standard InChI is InChI=1S/C7H10N2O2/c1-7(11-6-9)3-2-4-10-5-8/h7H,2-4H2,1H3. The monoisotopic (exact) mass is 154 g/mol. The van der Waals surface area contributed by atoms with Crippen LogP contribution in [-0.2, 0) is 9.47 Å². The summed E-state index contributed by atoms with van der Waals surface area (Å²) in [6, 6.07) is 0. The highest BCUT2D eigenvalue weighted by atomic mass is 16.5. The second-order valence-electron chi connectivity index (χ2n) is 2.10. The normalized spacial score (nSPS) is 10.8. The Labute approximate surface area is 65.9 Å². The molecule has 0 aliphatic rings. The Kier molecular flexibility index (Phi) is 5.83. The Morgan fingerprint density at radius 3 is 2.64 bits per heavy atom. The van der Waals surface area contributed by atoms with Crippen LogP contribution >= 0.6 is 0 Å². The van der Waals surface area contributed by atoms with E-state index < -0.39 is 0 Å². The highest BCUT2D eigenvalue weighted by Crippen LogP contribution is 2.00. The summed E-state index contributed by atoms with van der Waals surface area (Å²) in [6.07, 6.45) is 4.55. The highest BCUT2D eigenvalue weighted by Gasteiger charge is 2.00. The molecule has 0 saturated heterocycles. The summed E-state index contributed by atoms with van der Waals surface area (Å²) in [5.41, 5.74) is 0. The van der Waals surface area contributed by atoms with Crippen molar-refractivity contribution in [2.75, 3.05) is 6.61 Å². The molecule has 0 aromatic heterocycles. The molecule has 0 N–H and O–H groups in total. The molecule has 0 heterocycles. The van der Waals surface area contributed by atoms with Crippen molar-refractivity contribution in [3.8, 4) is 12.5 Å². The zero-order chi connectivity index (χ0) is 8.53. The van der Waals surface area contributed by atoms with Gasteiger partial charge in [-0.05, 0) is 19.8 Å². The van der Waals surface area contributed by atoms with Crippen LogP contribution in [0.4, 0.5) is 0 Å². The maximum absolute atomic E-state index is 8.08. The molecule has 0 bridgehead atoms. The van der Waals surface area contributed by atoms with Gasteiger partial charge in [0, 0.05) is 0 Å². The Morgan fingerprint density at radius 2 is 2.09 bits per heavy atom. The first kappa shape index (κ1) is 9.58. The van der Waals surface area contributed by atoms with Crippen LogP contribution in [0.5, 0.6) is 0 Å². The van der Waals surface area contributed by atoms with Crippen LogP contribution in [0.1, 0.15) is 19.8 Å². The molecule has 60 valence electrons. The van der Waals surface area contributed by atoms with Gasteiger partial charge in [0.05, 0.1) is 0 Å². The zero-order valence-electron chi connectivity index (χ0n) is 6.41. The first-order chi connectivity index (χ1) is 5.31. The van der Waals surface area contributed by atoms with Crippen LogP contribution < -0.4 is 0 Å². The highest BCUT2D eigenvalue weighted by molar-refractivity contribution is 4.58. The first-order valence-electron chi connectivity index (χ1n) is 3.37. The zero-order valence-corrected chi connectivity index (χ0v) is 6.41. The lowest BCUT2D eigenvalue weighted by atomic mass is 10.2. The van der Waals surface area contributed by atoms with Gasteiger partial charge in [0.1, 0.15) is 12.7 Å². The van der Waals surface area contributed by atoms with Gasteiger partial charge in [-0.15, -0.1) is 0 Å². The van der Waals surface area contributed by atoms with Crippen LogP contribution in [0.15, 0.2) is 0 Å². The fourth-order valence-corrected chi connectivity index (χ4v) is 0.638. The van der Waals surface area contributed by atoms with Crippen molar-refractivity contribution in [1.29, 1.82) is 10.5 Å². The summed E-state index contributed by atoms with van der Waals surface area (Å²) in [6.45, 7) is 2.20. The van der Waals surface area contributed by atoms with E-state index in [0.717, 1.165) is 12.8 Å². The lowest BCUT2D eigenvalue weighted by Gasteiger charge is -2.05. The number of nitrogens with zero attached hydrogens (tertiary/aromatic N) is 2. The van der Waals surface area contributed by atoms with Gasteiger partial charge in [0.2, 0.25) is 0 Å². The molecule has 0 aromatic rings. The smallest absolute Gasteiger partial charge is 0.286 e. The van der Waals surface area contributed by atoms with Gasteiger partial charge in [-0.2, -0.15) is 10.5 Å². The van der Waals surface area contributed by atoms with Crippen molar-refractivity contribution in [3.05, 3.63) is 0 Å². The number of rotatable bonds is 5. The predicted molar refractivity (Wildman–Crippen MR) is 37.0 cm³/mol. The van der Waals surface area contributed by atoms with Crippen LogP contribution in [0.2, 0.25) is 0 Å². The van der Waals surface area contributed by atoms with E-state index in [4.69, 9.17) is 10.5 Å². The molecule has 0 aliphatic heterocycles. The largest absolute Gasteiger partial charge is 0.428 e. The third-order valence-electron chi connectivity index (χ3n) is 1.18. The molecule has 0 fully saturated rings. The fraction of sp³-hybridized carbons (Fsp3) is 0.714. The number of hydrogen-bond acceptors (Lipinski definition) is 4. The average molecular weight is 154 g/mol. The number of ether oxygens (including phenoxy) is 2. The molecule has 1 unspecified atom stereocenters.